The number of aliphatic carboxylic acids is 1. The molecule has 2 heterocycles. The van der Waals surface area contributed by atoms with E-state index in [-0.39, 0.29) is 57.9 Å². The summed E-state index contributed by atoms with van der Waals surface area (Å²) in [5.41, 5.74) is 0.392. The van der Waals surface area contributed by atoms with Gasteiger partial charge in [0.2, 0.25) is 0 Å². The summed E-state index contributed by atoms with van der Waals surface area (Å²) >= 11 is 12.4. The second-order valence-electron chi connectivity index (χ2n) is 10.3. The maximum atomic E-state index is 13.7. The van der Waals surface area contributed by atoms with Crippen LogP contribution in [0.5, 0.6) is 0 Å². The summed E-state index contributed by atoms with van der Waals surface area (Å²) in [6.45, 7) is 5.56. The number of nitrogens with zero attached hydrogens (tertiary/aromatic N) is 2. The summed E-state index contributed by atoms with van der Waals surface area (Å²) in [6.07, 6.45) is 7.33. The van der Waals surface area contributed by atoms with Crippen molar-refractivity contribution in [2.75, 3.05) is 13.1 Å². The topological polar surface area (TPSA) is 133 Å². The minimum absolute atomic E-state index is 0.00169. The molecule has 37 heavy (non-hydrogen) atoms. The molecule has 0 unspecified atom stereocenters. The van der Waals surface area contributed by atoms with Crippen LogP contribution in [0.1, 0.15) is 69.7 Å². The molecular weight excluding hydrogens is 519 g/mol. The average Bonchev–Trinajstić information content (AvgIpc) is 3.17. The Labute approximate surface area is 227 Å². The van der Waals surface area contributed by atoms with Gasteiger partial charge < -0.3 is 25.5 Å². The lowest BCUT2D eigenvalue weighted by Crippen LogP contribution is -2.43. The molecule has 1 atom stereocenters. The summed E-state index contributed by atoms with van der Waals surface area (Å²) in [6, 6.07) is 0.00169. The first-order valence-corrected chi connectivity index (χ1v) is 13.2. The van der Waals surface area contributed by atoms with Gasteiger partial charge in [0.1, 0.15) is 0 Å². The molecule has 1 aliphatic heterocycles. The summed E-state index contributed by atoms with van der Waals surface area (Å²) in [5.74, 6) is -2.06. The number of halogens is 2. The molecule has 1 saturated heterocycles. The number of Topliss-reactive ketones (excluding diaryl/α,β-unsaturated/α-hetero) is 1. The number of hydrogen-bond acceptors (Lipinski definition) is 7. The van der Waals surface area contributed by atoms with Crippen LogP contribution < -0.4 is 5.32 Å². The molecule has 1 aliphatic carbocycles. The number of ether oxygens (including phenoxy) is 1. The van der Waals surface area contributed by atoms with E-state index in [0.29, 0.717) is 31.4 Å². The number of amides is 1. The summed E-state index contributed by atoms with van der Waals surface area (Å²) in [4.78, 5) is 43.4. The maximum absolute atomic E-state index is 13.7. The van der Waals surface area contributed by atoms with Crippen LogP contribution in [0.4, 0.5) is 0 Å². The number of hydrogen-bond donors (Lipinski definition) is 3. The van der Waals surface area contributed by atoms with Gasteiger partial charge in [-0.3, -0.25) is 19.4 Å². The quantitative estimate of drug-likeness (QED) is 0.221. The van der Waals surface area contributed by atoms with Gasteiger partial charge in [-0.15, -0.1) is 0 Å². The Bertz CT molecular complexity index is 1060. The van der Waals surface area contributed by atoms with Gasteiger partial charge in [0.25, 0.3) is 5.91 Å². The minimum atomic E-state index is -0.784. The van der Waals surface area contributed by atoms with Crippen LogP contribution in [0.2, 0.25) is 10.0 Å². The van der Waals surface area contributed by atoms with E-state index in [1.54, 1.807) is 6.92 Å². The Morgan fingerprint density at radius 1 is 1.19 bits per heavy atom. The fourth-order valence-corrected chi connectivity index (χ4v) is 5.55. The highest BCUT2D eigenvalue weighted by molar-refractivity contribution is 6.39. The zero-order valence-corrected chi connectivity index (χ0v) is 22.9. The predicted molar refractivity (Wildman–Crippen MR) is 141 cm³/mol. The van der Waals surface area contributed by atoms with Crippen molar-refractivity contribution in [1.82, 2.24) is 15.2 Å². The van der Waals surface area contributed by atoms with E-state index in [0.717, 1.165) is 19.1 Å². The third kappa shape index (κ3) is 7.52. The van der Waals surface area contributed by atoms with Crippen molar-refractivity contribution in [2.24, 2.45) is 5.92 Å². The number of nitrogens with one attached hydrogen (secondary N) is 2. The highest BCUT2D eigenvalue weighted by Crippen LogP contribution is 2.31. The molecule has 0 bridgehead atoms. The first kappa shape index (κ1) is 29.1. The third-order valence-corrected chi connectivity index (χ3v) is 7.58. The predicted octanol–water partition coefficient (Wildman–Crippen LogP) is 4.51. The van der Waals surface area contributed by atoms with Gasteiger partial charge in [-0.1, -0.05) is 23.2 Å². The van der Waals surface area contributed by atoms with Crippen LogP contribution in [-0.2, 0) is 14.3 Å². The standard InChI is InChI=1S/C26H34Cl2N4O5/c1-15(31-17-6-4-16(5-7-17)25(35)36)19(10-29)24(34)32(13-18-8-9-26(2,3)37-18)14-22(33)23-20(27)11-30-12-21(23)28/h10-12,16-18,29,31H,4-9,13-14H2,1-3H3,(H,35,36)/b19-15+,29-10?/t16-,17-,18-/m1/s1. The zero-order chi connectivity index (χ0) is 27.3. The van der Waals surface area contributed by atoms with Gasteiger partial charge in [0.05, 0.1) is 45.3 Å². The molecule has 11 heteroatoms. The SMILES string of the molecule is C/C(N[C@H]1CC[C@H](C(=O)O)CC1)=C(/C=N)C(=O)N(CC(=O)c1c(Cl)cncc1Cl)C[C@H]1CCC(C)(C)O1. The van der Waals surface area contributed by atoms with Crippen molar-refractivity contribution in [1.29, 1.82) is 5.41 Å². The number of carbonyl (C=O) groups excluding carboxylic acids is 2. The summed E-state index contributed by atoms with van der Waals surface area (Å²) in [5, 5.41) is 20.7. The van der Waals surface area contributed by atoms with E-state index < -0.39 is 17.7 Å². The van der Waals surface area contributed by atoms with Crippen molar-refractivity contribution >= 4 is 47.1 Å². The molecule has 202 valence electrons. The summed E-state index contributed by atoms with van der Waals surface area (Å²) in [7, 11) is 0. The van der Waals surface area contributed by atoms with Crippen LogP contribution in [0, 0.1) is 11.3 Å². The molecule has 1 aromatic rings. The number of ketones is 1. The van der Waals surface area contributed by atoms with Crippen LogP contribution in [0.15, 0.2) is 23.7 Å². The second kappa shape index (κ2) is 12.4. The van der Waals surface area contributed by atoms with E-state index >= 15 is 0 Å². The lowest BCUT2D eigenvalue weighted by atomic mass is 9.86. The van der Waals surface area contributed by atoms with Crippen molar-refractivity contribution in [2.45, 2.75) is 77.0 Å². The molecule has 1 aromatic heterocycles. The lowest BCUT2D eigenvalue weighted by Gasteiger charge is -2.30. The molecule has 2 fully saturated rings. The highest BCUT2D eigenvalue weighted by Gasteiger charge is 2.35. The van der Waals surface area contributed by atoms with Crippen LogP contribution in [-0.4, -0.2) is 69.7 Å². The first-order valence-electron chi connectivity index (χ1n) is 12.4. The molecule has 2 aliphatic rings. The number of rotatable bonds is 10. The Kier molecular flexibility index (Phi) is 9.72. The molecule has 0 spiro atoms. The van der Waals surface area contributed by atoms with E-state index in [1.807, 2.05) is 13.8 Å². The molecule has 3 N–H and O–H groups in total. The van der Waals surface area contributed by atoms with Gasteiger partial charge in [-0.05, 0) is 59.3 Å². The highest BCUT2D eigenvalue weighted by atomic mass is 35.5. The average molecular weight is 553 g/mol. The molecule has 0 aromatic carbocycles. The van der Waals surface area contributed by atoms with Crippen molar-refractivity contribution in [3.05, 3.63) is 39.3 Å². The fourth-order valence-electron chi connectivity index (χ4n) is 4.97. The zero-order valence-electron chi connectivity index (χ0n) is 21.4. The number of pyridine rings is 1. The molecule has 9 nitrogen and oxygen atoms in total. The number of carboxylic acids is 1. The normalized spacial score (nSPS) is 23.6. The van der Waals surface area contributed by atoms with Crippen LogP contribution >= 0.6 is 23.2 Å². The Morgan fingerprint density at radius 2 is 1.81 bits per heavy atom. The fraction of sp³-hybridized carbons (Fsp3) is 0.577. The Morgan fingerprint density at radius 3 is 2.32 bits per heavy atom. The van der Waals surface area contributed by atoms with E-state index in [4.69, 9.17) is 33.3 Å². The van der Waals surface area contributed by atoms with Gasteiger partial charge in [-0.25, -0.2) is 0 Å². The van der Waals surface area contributed by atoms with Crippen molar-refractivity contribution in [3.8, 4) is 0 Å². The minimum Gasteiger partial charge on any atom is -0.481 e. The van der Waals surface area contributed by atoms with Gasteiger partial charge >= 0.3 is 5.97 Å². The summed E-state index contributed by atoms with van der Waals surface area (Å²) < 4.78 is 6.08. The largest absolute Gasteiger partial charge is 0.481 e. The van der Waals surface area contributed by atoms with E-state index in [1.165, 1.54) is 17.3 Å². The van der Waals surface area contributed by atoms with E-state index in [2.05, 4.69) is 10.3 Å². The maximum Gasteiger partial charge on any atom is 0.306 e. The van der Waals surface area contributed by atoms with Gasteiger partial charge in [-0.2, -0.15) is 0 Å². The Hall–Kier alpha value is -2.49. The first-order chi connectivity index (χ1) is 17.4. The van der Waals surface area contributed by atoms with Gasteiger partial charge in [0, 0.05) is 36.9 Å². The van der Waals surface area contributed by atoms with Crippen LogP contribution in [0.3, 0.4) is 0 Å². The lowest BCUT2D eigenvalue weighted by molar-refractivity contribution is -0.142. The Balaban J connectivity index is 1.81. The number of aromatic nitrogens is 1. The van der Waals surface area contributed by atoms with E-state index in [9.17, 15) is 19.5 Å². The monoisotopic (exact) mass is 552 g/mol. The molecular formula is C26H34Cl2N4O5. The smallest absolute Gasteiger partial charge is 0.306 e. The number of allylic oxidation sites excluding steroid dienone is 1. The molecule has 3 rings (SSSR count). The number of carboxylic acid groups (broad SMARTS) is 1. The van der Waals surface area contributed by atoms with Crippen LogP contribution in [0.25, 0.3) is 0 Å². The molecule has 1 saturated carbocycles. The second-order valence-corrected chi connectivity index (χ2v) is 11.2. The third-order valence-electron chi connectivity index (χ3n) is 7.01. The number of carbonyl (C=O) groups is 3. The van der Waals surface area contributed by atoms with Crippen molar-refractivity contribution in [3.63, 3.8) is 0 Å². The molecule has 0 radical (unpaired) electrons. The van der Waals surface area contributed by atoms with Crippen molar-refractivity contribution < 1.29 is 24.2 Å². The molecule has 1 amide bonds. The van der Waals surface area contributed by atoms with Gasteiger partial charge in [0.15, 0.2) is 5.78 Å².